The third kappa shape index (κ3) is 2.95. The van der Waals surface area contributed by atoms with Crippen LogP contribution in [-0.4, -0.2) is 31.5 Å². The molecule has 0 fully saturated rings. The van der Waals surface area contributed by atoms with Crippen LogP contribution in [-0.2, 0) is 11.2 Å². The fourth-order valence-corrected chi connectivity index (χ4v) is 1.87. The molecule has 0 saturated carbocycles. The monoisotopic (exact) mass is 200 g/mol. The Hall–Kier alpha value is -0.650. The first-order chi connectivity index (χ1) is 6.25. The van der Waals surface area contributed by atoms with E-state index in [2.05, 4.69) is 9.97 Å². The normalized spacial score (nSPS) is 15.3. The number of hydrogen-bond donors (Lipinski definition) is 1. The predicted molar refractivity (Wildman–Crippen MR) is 49.6 cm³/mol. The van der Waals surface area contributed by atoms with Crippen molar-refractivity contribution in [3.63, 3.8) is 0 Å². The van der Waals surface area contributed by atoms with E-state index < -0.39 is 11.2 Å². The first-order valence-electron chi connectivity index (χ1n) is 4.04. The molecule has 0 radical (unpaired) electrons. The summed E-state index contributed by atoms with van der Waals surface area (Å²) < 4.78 is 11.6. The number of aliphatic hydroxyl groups excluding tert-OH is 1. The zero-order valence-electron chi connectivity index (χ0n) is 7.38. The van der Waals surface area contributed by atoms with Crippen molar-refractivity contribution in [1.29, 1.82) is 0 Å². The Morgan fingerprint density at radius 3 is 2.69 bits per heavy atom. The van der Waals surface area contributed by atoms with E-state index >= 15 is 0 Å². The van der Waals surface area contributed by atoms with Gasteiger partial charge in [0.1, 0.15) is 5.25 Å². The summed E-state index contributed by atoms with van der Waals surface area (Å²) in [6.45, 7) is 1.85. The van der Waals surface area contributed by atoms with Gasteiger partial charge in [-0.25, -0.2) is 0 Å². The Morgan fingerprint density at radius 1 is 1.54 bits per heavy atom. The lowest BCUT2D eigenvalue weighted by Crippen LogP contribution is -2.21. The highest BCUT2D eigenvalue weighted by molar-refractivity contribution is 7.91. The highest BCUT2D eigenvalue weighted by Crippen LogP contribution is 2.12. The lowest BCUT2D eigenvalue weighted by atomic mass is 10.3. The Kier molecular flexibility index (Phi) is 4.14. The molecule has 13 heavy (non-hydrogen) atoms. The second-order valence-corrected chi connectivity index (χ2v) is 4.42. The molecule has 4 nitrogen and oxygen atoms in total. The van der Waals surface area contributed by atoms with E-state index in [0.717, 1.165) is 0 Å². The number of hydrogen-bond acceptors (Lipinski definition) is 4. The van der Waals surface area contributed by atoms with Gasteiger partial charge in [0.2, 0.25) is 0 Å². The summed E-state index contributed by atoms with van der Waals surface area (Å²) >= 11 is -1.21. The van der Waals surface area contributed by atoms with E-state index in [0.29, 0.717) is 11.6 Å². The van der Waals surface area contributed by atoms with Crippen LogP contribution in [0.15, 0.2) is 23.6 Å². The molecular formula is C8H12N2O2S. The van der Waals surface area contributed by atoms with Gasteiger partial charge < -0.3 is 9.66 Å². The average Bonchev–Trinajstić information content (AvgIpc) is 2.18. The largest absolute Gasteiger partial charge is 0.609 e. The molecule has 0 saturated heterocycles. The highest BCUT2D eigenvalue weighted by atomic mass is 32.2. The van der Waals surface area contributed by atoms with Gasteiger partial charge in [0.05, 0.1) is 0 Å². The summed E-state index contributed by atoms with van der Waals surface area (Å²) in [6, 6.07) is 1.68. The van der Waals surface area contributed by atoms with Crippen LogP contribution in [0.1, 0.15) is 13.3 Å². The quantitative estimate of drug-likeness (QED) is 0.562. The van der Waals surface area contributed by atoms with Crippen molar-refractivity contribution in [1.82, 2.24) is 9.97 Å². The predicted octanol–water partition coefficient (Wildman–Crippen LogP) is 0.355. The van der Waals surface area contributed by atoms with Gasteiger partial charge in [0, 0.05) is 36.6 Å². The van der Waals surface area contributed by atoms with Crippen LogP contribution in [0.3, 0.4) is 0 Å². The van der Waals surface area contributed by atoms with E-state index in [-0.39, 0.29) is 11.9 Å². The Morgan fingerprint density at radius 2 is 2.15 bits per heavy atom. The minimum absolute atomic E-state index is 0.0414. The molecule has 1 aromatic heterocycles. The first-order valence-corrected chi connectivity index (χ1v) is 5.25. The summed E-state index contributed by atoms with van der Waals surface area (Å²) in [6.07, 6.45) is 3.63. The van der Waals surface area contributed by atoms with Crippen LogP contribution >= 0.6 is 0 Å². The molecule has 0 aliphatic rings. The lowest BCUT2D eigenvalue weighted by molar-refractivity contribution is 0.287. The second kappa shape index (κ2) is 5.16. The average molecular weight is 200 g/mol. The molecule has 1 N–H and O–H groups in total. The Labute approximate surface area is 80.2 Å². The molecule has 0 spiro atoms. The van der Waals surface area contributed by atoms with Crippen molar-refractivity contribution in [2.45, 2.75) is 23.8 Å². The smallest absolute Gasteiger partial charge is 0.342 e. The van der Waals surface area contributed by atoms with Gasteiger partial charge in [-0.05, 0) is 13.0 Å². The van der Waals surface area contributed by atoms with Crippen molar-refractivity contribution in [3.8, 4) is 0 Å². The summed E-state index contributed by atoms with van der Waals surface area (Å²) in [5.41, 5.74) is 0. The fraction of sp³-hybridized carbons (Fsp3) is 0.500. The maximum absolute atomic E-state index is 11.6. The van der Waals surface area contributed by atoms with E-state index in [9.17, 15) is 4.55 Å². The highest BCUT2D eigenvalue weighted by Gasteiger charge is 2.21. The topological polar surface area (TPSA) is 69.1 Å². The number of aromatic nitrogens is 2. The van der Waals surface area contributed by atoms with Gasteiger partial charge in [-0.3, -0.25) is 0 Å². The summed E-state index contributed by atoms with van der Waals surface area (Å²) in [7, 11) is 0. The zero-order valence-corrected chi connectivity index (χ0v) is 8.20. The molecular weight excluding hydrogens is 188 g/mol. The third-order valence-corrected chi connectivity index (χ3v) is 3.16. The zero-order chi connectivity index (χ0) is 9.68. The molecule has 0 amide bonds. The van der Waals surface area contributed by atoms with Gasteiger partial charge in [-0.1, -0.05) is 0 Å². The molecule has 2 atom stereocenters. The molecule has 5 heteroatoms. The summed E-state index contributed by atoms with van der Waals surface area (Å²) in [4.78, 5) is 7.78. The van der Waals surface area contributed by atoms with Crippen molar-refractivity contribution in [2.24, 2.45) is 0 Å². The molecule has 1 rings (SSSR count). The third-order valence-electron chi connectivity index (χ3n) is 1.62. The molecule has 1 heterocycles. The van der Waals surface area contributed by atoms with Crippen LogP contribution < -0.4 is 0 Å². The van der Waals surface area contributed by atoms with Crippen LogP contribution in [0.2, 0.25) is 0 Å². The molecule has 0 aliphatic heterocycles. The lowest BCUT2D eigenvalue weighted by Gasteiger charge is -2.13. The van der Waals surface area contributed by atoms with Gasteiger partial charge in [0.25, 0.3) is 0 Å². The SMILES string of the molecule is CC(CCO)[S+]([O-])c1ncccn1. The van der Waals surface area contributed by atoms with Gasteiger partial charge in [-0.15, -0.1) is 0 Å². The van der Waals surface area contributed by atoms with E-state index in [1.807, 2.05) is 6.92 Å². The number of aliphatic hydroxyl groups is 1. The standard InChI is InChI=1S/C8H12N2O2S/c1-7(3-6-11)13(12)8-9-4-2-5-10-8/h2,4-5,7,11H,3,6H2,1H3. The van der Waals surface area contributed by atoms with Crippen molar-refractivity contribution >= 4 is 11.2 Å². The minimum atomic E-state index is -1.21. The number of nitrogens with zero attached hydrogens (tertiary/aromatic N) is 2. The molecule has 1 aromatic rings. The van der Waals surface area contributed by atoms with Gasteiger partial charge >= 0.3 is 5.16 Å². The van der Waals surface area contributed by atoms with Crippen LogP contribution in [0, 0.1) is 0 Å². The fourth-order valence-electron chi connectivity index (χ4n) is 0.858. The summed E-state index contributed by atoms with van der Waals surface area (Å²) in [5.74, 6) is 0. The van der Waals surface area contributed by atoms with Crippen molar-refractivity contribution in [3.05, 3.63) is 18.5 Å². The van der Waals surface area contributed by atoms with Gasteiger partial charge in [0.15, 0.2) is 0 Å². The molecule has 0 aliphatic carbocycles. The van der Waals surface area contributed by atoms with E-state index in [4.69, 9.17) is 5.11 Å². The number of rotatable bonds is 4. The summed E-state index contributed by atoms with van der Waals surface area (Å²) in [5, 5.41) is 8.89. The minimum Gasteiger partial charge on any atom is -0.609 e. The van der Waals surface area contributed by atoms with E-state index in [1.165, 1.54) is 0 Å². The Balaban J connectivity index is 2.62. The second-order valence-electron chi connectivity index (χ2n) is 2.65. The Bertz CT molecular complexity index is 245. The van der Waals surface area contributed by atoms with Crippen molar-refractivity contribution < 1.29 is 9.66 Å². The molecule has 0 aromatic carbocycles. The maximum atomic E-state index is 11.6. The van der Waals surface area contributed by atoms with Crippen LogP contribution in [0.4, 0.5) is 0 Å². The molecule has 2 unspecified atom stereocenters. The van der Waals surface area contributed by atoms with Crippen LogP contribution in [0.25, 0.3) is 0 Å². The van der Waals surface area contributed by atoms with Crippen molar-refractivity contribution in [2.75, 3.05) is 6.61 Å². The van der Waals surface area contributed by atoms with Gasteiger partial charge in [-0.2, -0.15) is 9.97 Å². The maximum Gasteiger partial charge on any atom is 0.342 e. The first kappa shape index (κ1) is 10.4. The van der Waals surface area contributed by atoms with E-state index in [1.54, 1.807) is 18.5 Å². The molecule has 72 valence electrons. The van der Waals surface area contributed by atoms with Crippen LogP contribution in [0.5, 0.6) is 0 Å². The molecule has 0 bridgehead atoms.